The van der Waals surface area contributed by atoms with Crippen LogP contribution in [0.2, 0.25) is 0 Å². The molecular formula is C19H28N2O4S. The van der Waals surface area contributed by atoms with Gasteiger partial charge in [-0.2, -0.15) is 8.42 Å². The summed E-state index contributed by atoms with van der Waals surface area (Å²) in [5, 5.41) is 10.4. The first-order valence-electron chi connectivity index (χ1n) is 9.24. The number of nitrogens with one attached hydrogen (secondary N) is 1. The smallest absolute Gasteiger partial charge is 0.267 e. The highest BCUT2D eigenvalue weighted by Gasteiger charge is 2.36. The zero-order valence-corrected chi connectivity index (χ0v) is 16.2. The predicted molar refractivity (Wildman–Crippen MR) is 103 cm³/mol. The van der Waals surface area contributed by atoms with Crippen molar-refractivity contribution in [3.63, 3.8) is 0 Å². The Morgan fingerprint density at radius 2 is 1.96 bits per heavy atom. The molecule has 3 heterocycles. The summed E-state index contributed by atoms with van der Waals surface area (Å²) in [5.41, 5.74) is 3.96. The molecule has 2 atom stereocenters. The van der Waals surface area contributed by atoms with Crippen LogP contribution < -0.4 is 0 Å². The van der Waals surface area contributed by atoms with Crippen LogP contribution in [0.3, 0.4) is 0 Å². The van der Waals surface area contributed by atoms with Crippen molar-refractivity contribution in [2.45, 2.75) is 50.3 Å². The summed E-state index contributed by atoms with van der Waals surface area (Å²) < 4.78 is 27.8. The minimum atomic E-state index is -3.74. The van der Waals surface area contributed by atoms with Crippen LogP contribution in [0.5, 0.6) is 0 Å². The Morgan fingerprint density at radius 3 is 2.62 bits per heavy atom. The molecule has 144 valence electrons. The lowest BCUT2D eigenvalue weighted by Crippen LogP contribution is -2.41. The van der Waals surface area contributed by atoms with Crippen LogP contribution in [0, 0.1) is 0 Å². The normalized spacial score (nSPS) is 23.3. The van der Waals surface area contributed by atoms with E-state index in [0.717, 1.165) is 6.54 Å². The summed E-state index contributed by atoms with van der Waals surface area (Å²) in [6.45, 7) is 5.26. The van der Waals surface area contributed by atoms with Gasteiger partial charge in [0.1, 0.15) is 0 Å². The zero-order chi connectivity index (χ0) is 18.9. The van der Waals surface area contributed by atoms with Gasteiger partial charge in [-0.3, -0.25) is 9.45 Å². The van der Waals surface area contributed by atoms with Gasteiger partial charge < -0.3 is 10.1 Å². The Morgan fingerprint density at radius 1 is 1.27 bits per heavy atom. The number of hydrogen-bond acceptors (Lipinski definition) is 4. The number of aliphatic hydroxyl groups excluding tert-OH is 1. The van der Waals surface area contributed by atoms with Crippen LogP contribution in [-0.4, -0.2) is 52.9 Å². The SMILES string of the molecule is CC(C)S(=O)(=O)O.OCC1CN2CCCCC2c2[nH]c3ccccc3c21. The molecular weight excluding hydrogens is 352 g/mol. The molecule has 4 rings (SSSR count). The molecule has 2 aliphatic heterocycles. The fourth-order valence-corrected chi connectivity index (χ4v) is 3.95. The van der Waals surface area contributed by atoms with Crippen LogP contribution in [0.4, 0.5) is 0 Å². The van der Waals surface area contributed by atoms with E-state index in [1.54, 1.807) is 0 Å². The Labute approximate surface area is 155 Å². The largest absolute Gasteiger partial charge is 0.396 e. The number of rotatable bonds is 2. The quantitative estimate of drug-likeness (QED) is 0.696. The molecule has 0 aliphatic carbocycles. The predicted octanol–water partition coefficient (Wildman–Crippen LogP) is 3.07. The molecule has 0 saturated carbocycles. The van der Waals surface area contributed by atoms with Crippen molar-refractivity contribution in [3.8, 4) is 0 Å². The van der Waals surface area contributed by atoms with Crippen molar-refractivity contribution in [1.29, 1.82) is 0 Å². The summed E-state index contributed by atoms with van der Waals surface area (Å²) in [7, 11) is -3.74. The number of fused-ring (bicyclic) bond motifs is 5. The Bertz CT molecular complexity index is 860. The molecule has 0 amide bonds. The molecule has 0 radical (unpaired) electrons. The summed E-state index contributed by atoms with van der Waals surface area (Å²) in [4.78, 5) is 6.18. The third kappa shape index (κ3) is 3.81. The Kier molecular flexibility index (Phi) is 5.72. The molecule has 1 aromatic carbocycles. The van der Waals surface area contributed by atoms with Gasteiger partial charge in [-0.1, -0.05) is 24.6 Å². The average Bonchev–Trinajstić information content (AvgIpc) is 3.00. The molecule has 7 heteroatoms. The third-order valence-electron chi connectivity index (χ3n) is 5.40. The van der Waals surface area contributed by atoms with E-state index in [1.165, 1.54) is 61.8 Å². The fraction of sp³-hybridized carbons (Fsp3) is 0.579. The number of benzene rings is 1. The molecule has 0 spiro atoms. The van der Waals surface area contributed by atoms with E-state index >= 15 is 0 Å². The van der Waals surface area contributed by atoms with E-state index in [1.807, 2.05) is 0 Å². The maximum absolute atomic E-state index is 9.89. The van der Waals surface area contributed by atoms with Gasteiger partial charge in [-0.05, 0) is 44.9 Å². The maximum Gasteiger partial charge on any atom is 0.267 e. The number of nitrogens with zero attached hydrogens (tertiary/aromatic N) is 1. The molecule has 26 heavy (non-hydrogen) atoms. The van der Waals surface area contributed by atoms with Crippen LogP contribution in [0.1, 0.15) is 56.3 Å². The van der Waals surface area contributed by atoms with Gasteiger partial charge in [0, 0.05) is 29.1 Å². The molecule has 1 fully saturated rings. The number of para-hydroxylation sites is 1. The van der Waals surface area contributed by atoms with Crippen molar-refractivity contribution in [2.75, 3.05) is 19.7 Å². The van der Waals surface area contributed by atoms with Crippen molar-refractivity contribution in [3.05, 3.63) is 35.5 Å². The molecule has 3 N–H and O–H groups in total. The van der Waals surface area contributed by atoms with E-state index in [9.17, 15) is 13.5 Å². The van der Waals surface area contributed by atoms with Crippen molar-refractivity contribution < 1.29 is 18.1 Å². The second kappa shape index (κ2) is 7.68. The summed E-state index contributed by atoms with van der Waals surface area (Å²) >= 11 is 0. The maximum atomic E-state index is 9.89. The molecule has 6 nitrogen and oxygen atoms in total. The summed E-state index contributed by atoms with van der Waals surface area (Å²) in [6.07, 6.45) is 3.86. The highest BCUT2D eigenvalue weighted by atomic mass is 32.2. The van der Waals surface area contributed by atoms with E-state index in [4.69, 9.17) is 4.55 Å². The van der Waals surface area contributed by atoms with Crippen molar-refractivity contribution in [2.24, 2.45) is 0 Å². The minimum absolute atomic E-state index is 0.248. The average molecular weight is 381 g/mol. The zero-order valence-electron chi connectivity index (χ0n) is 15.4. The molecule has 2 aromatic rings. The Balaban J connectivity index is 0.000000242. The highest BCUT2D eigenvalue weighted by Crippen LogP contribution is 2.43. The van der Waals surface area contributed by atoms with Crippen LogP contribution in [-0.2, 0) is 10.1 Å². The van der Waals surface area contributed by atoms with Gasteiger partial charge in [0.25, 0.3) is 10.1 Å². The second-order valence-corrected chi connectivity index (χ2v) is 9.42. The van der Waals surface area contributed by atoms with Crippen LogP contribution >= 0.6 is 0 Å². The van der Waals surface area contributed by atoms with E-state index in [2.05, 4.69) is 34.1 Å². The lowest BCUT2D eigenvalue weighted by molar-refractivity contribution is 0.104. The van der Waals surface area contributed by atoms with Crippen molar-refractivity contribution in [1.82, 2.24) is 9.88 Å². The first-order valence-corrected chi connectivity index (χ1v) is 10.7. The number of aromatic nitrogens is 1. The third-order valence-corrected chi connectivity index (χ3v) is 6.59. The van der Waals surface area contributed by atoms with Crippen LogP contribution in [0.25, 0.3) is 10.9 Å². The minimum Gasteiger partial charge on any atom is -0.396 e. The van der Waals surface area contributed by atoms with Gasteiger partial charge in [0.15, 0.2) is 0 Å². The fourth-order valence-electron chi connectivity index (χ4n) is 3.95. The molecule has 1 aromatic heterocycles. The Hall–Kier alpha value is -1.41. The second-order valence-electron chi connectivity index (χ2n) is 7.45. The van der Waals surface area contributed by atoms with Crippen molar-refractivity contribution >= 4 is 21.0 Å². The van der Waals surface area contributed by atoms with E-state index in [-0.39, 0.29) is 12.5 Å². The number of H-pyrrole nitrogens is 1. The summed E-state index contributed by atoms with van der Waals surface area (Å²) in [5.74, 6) is 0.264. The highest BCUT2D eigenvalue weighted by molar-refractivity contribution is 7.86. The van der Waals surface area contributed by atoms with Gasteiger partial charge in [-0.15, -0.1) is 0 Å². The number of aromatic amines is 1. The number of piperidine rings is 1. The lowest BCUT2D eigenvalue weighted by Gasteiger charge is -2.42. The van der Waals surface area contributed by atoms with Gasteiger partial charge in [0.05, 0.1) is 17.9 Å². The molecule has 2 unspecified atom stereocenters. The monoisotopic (exact) mass is 380 g/mol. The van der Waals surface area contributed by atoms with Gasteiger partial charge >= 0.3 is 0 Å². The number of hydrogen-bond donors (Lipinski definition) is 3. The summed E-state index contributed by atoms with van der Waals surface area (Å²) in [6, 6.07) is 9.05. The molecule has 2 aliphatic rings. The first-order chi connectivity index (χ1) is 12.3. The standard InChI is InChI=1S/C16H20N2O.C3H8O3S/c19-10-11-9-18-8-4-3-7-14(18)16-15(11)12-5-1-2-6-13(12)17-16;1-3(2)7(4,5)6/h1-2,5-6,11,14,17,19H,3-4,7-10H2;3H,1-2H3,(H,4,5,6). The molecule has 1 saturated heterocycles. The number of aliphatic hydroxyl groups is 1. The lowest BCUT2D eigenvalue weighted by atomic mass is 9.85. The van der Waals surface area contributed by atoms with Gasteiger partial charge in [-0.25, -0.2) is 0 Å². The molecule has 0 bridgehead atoms. The van der Waals surface area contributed by atoms with Gasteiger partial charge in [0.2, 0.25) is 0 Å². The first kappa shape index (κ1) is 19.4. The topological polar surface area (TPSA) is 93.6 Å². The van der Waals surface area contributed by atoms with Crippen LogP contribution in [0.15, 0.2) is 24.3 Å². The van der Waals surface area contributed by atoms with E-state index < -0.39 is 15.4 Å². The van der Waals surface area contributed by atoms with E-state index in [0.29, 0.717) is 6.04 Å².